The van der Waals surface area contributed by atoms with E-state index >= 15 is 0 Å². The molecule has 5 heteroatoms. The van der Waals surface area contributed by atoms with E-state index in [0.717, 1.165) is 101 Å². The zero-order chi connectivity index (χ0) is 43.6. The Morgan fingerprint density at radius 3 is 1.89 bits per heavy atom. The summed E-state index contributed by atoms with van der Waals surface area (Å²) >= 11 is 0. The van der Waals surface area contributed by atoms with E-state index in [1.165, 1.54) is 16.7 Å². The maximum Gasteiger partial charge on any atom is 0.144 e. The van der Waals surface area contributed by atoms with Crippen molar-refractivity contribution >= 4 is 27.6 Å². The first-order valence-electron chi connectivity index (χ1n) is 21.8. The molecule has 0 atom stereocenters. The van der Waals surface area contributed by atoms with E-state index in [9.17, 15) is 0 Å². The molecular weight excluding hydrogens is 771 g/mol. The normalized spacial score (nSPS) is 12.1. The second-order valence-corrected chi connectivity index (χ2v) is 18.8. The van der Waals surface area contributed by atoms with E-state index in [2.05, 4.69) is 199 Å². The van der Waals surface area contributed by atoms with Gasteiger partial charge in [-0.05, 0) is 94.1 Å². The van der Waals surface area contributed by atoms with Gasteiger partial charge in [-0.3, -0.25) is 4.40 Å². The van der Waals surface area contributed by atoms with Crippen LogP contribution >= 0.6 is 0 Å². The highest BCUT2D eigenvalue weighted by molar-refractivity contribution is 6.11. The van der Waals surface area contributed by atoms with Crippen LogP contribution in [0, 0.1) is 6.92 Å². The van der Waals surface area contributed by atoms with E-state index in [1.54, 1.807) is 7.11 Å². The van der Waals surface area contributed by atoms with Crippen molar-refractivity contribution in [1.29, 1.82) is 0 Å². The van der Waals surface area contributed by atoms with Crippen LogP contribution in [0.4, 0.5) is 0 Å². The number of ether oxygens (including phenoxy) is 1. The molecule has 0 N–H and O–H groups in total. The molecule has 10 rings (SSSR count). The average Bonchev–Trinajstić information content (AvgIpc) is 3.87. The molecule has 0 fully saturated rings. The van der Waals surface area contributed by atoms with Gasteiger partial charge in [0.1, 0.15) is 22.6 Å². The summed E-state index contributed by atoms with van der Waals surface area (Å²) in [5.41, 5.74) is 17.7. The highest BCUT2D eigenvalue weighted by Gasteiger charge is 2.25. The van der Waals surface area contributed by atoms with Crippen LogP contribution in [0.15, 0.2) is 168 Å². The third kappa shape index (κ3) is 7.27. The van der Waals surface area contributed by atoms with Crippen LogP contribution in [-0.2, 0) is 10.8 Å². The van der Waals surface area contributed by atoms with Gasteiger partial charge in [-0.25, -0.2) is 9.97 Å². The lowest BCUT2D eigenvalue weighted by Crippen LogP contribution is -2.16. The fourth-order valence-electron chi connectivity index (χ4n) is 8.85. The lowest BCUT2D eigenvalue weighted by Gasteiger charge is -2.26. The van der Waals surface area contributed by atoms with Crippen molar-refractivity contribution in [3.8, 4) is 73.0 Å². The second-order valence-electron chi connectivity index (χ2n) is 18.8. The molecular formula is C58H51N3O2. The molecule has 310 valence electrons. The number of furan rings is 1. The van der Waals surface area contributed by atoms with Crippen molar-refractivity contribution in [2.45, 2.75) is 59.3 Å². The first-order valence-corrected chi connectivity index (χ1v) is 21.8. The Morgan fingerprint density at radius 1 is 0.508 bits per heavy atom. The molecule has 63 heavy (non-hydrogen) atoms. The number of para-hydroxylation sites is 2. The predicted octanol–water partition coefficient (Wildman–Crippen LogP) is 15.5. The molecule has 0 aliphatic rings. The van der Waals surface area contributed by atoms with Crippen molar-refractivity contribution in [3.63, 3.8) is 0 Å². The predicted molar refractivity (Wildman–Crippen MR) is 262 cm³/mol. The lowest BCUT2D eigenvalue weighted by atomic mass is 9.79. The fourth-order valence-corrected chi connectivity index (χ4v) is 8.85. The number of aryl methyl sites for hydroxylation is 1. The molecule has 10 aromatic rings. The molecule has 0 radical (unpaired) electrons. The highest BCUT2D eigenvalue weighted by Crippen LogP contribution is 2.45. The number of pyridine rings is 2. The molecule has 0 unspecified atom stereocenters. The lowest BCUT2D eigenvalue weighted by molar-refractivity contribution is 0.418. The molecule has 0 amide bonds. The van der Waals surface area contributed by atoms with Crippen molar-refractivity contribution in [3.05, 3.63) is 181 Å². The molecule has 0 saturated heterocycles. The van der Waals surface area contributed by atoms with Gasteiger partial charge in [-0.15, -0.1) is 0 Å². The van der Waals surface area contributed by atoms with Crippen LogP contribution in [0.2, 0.25) is 0 Å². The fraction of sp³-hybridized carbons (Fsp3) is 0.172. The van der Waals surface area contributed by atoms with Crippen molar-refractivity contribution < 1.29 is 9.15 Å². The molecule has 4 heterocycles. The number of benzene rings is 6. The molecule has 4 aromatic heterocycles. The van der Waals surface area contributed by atoms with Gasteiger partial charge in [-0.1, -0.05) is 156 Å². The SMILES string of the molecule is COc1c(-c2cccc(C)c2)cccc1-c1cc(-c2cc(C(C)(C)C)cc(C(C)(C)C)c2)cc(-c2cc(-c3nc4ccccn4c3-c3ccccc3)cc3c2oc2ccccc23)n1. The Bertz CT molecular complexity index is 3320. The summed E-state index contributed by atoms with van der Waals surface area (Å²) in [6, 6.07) is 55.9. The largest absolute Gasteiger partial charge is 0.495 e. The standard InChI is InChI=1S/C58H51N3O2/c1-36-18-16-21-38(28-36)44-23-17-24-46(55(44)62-8)49-33-40(39-29-42(57(2,3)4)35-43(30-39)58(5,6)7)34-50(59-49)48-32-41(31-47-45-22-12-13-25-51(45)63-56(47)48)53-54(37-19-10-9-11-20-37)61-27-15-14-26-52(61)60-53/h9-35H,1-8H3. The van der Waals surface area contributed by atoms with Crippen LogP contribution in [0.1, 0.15) is 58.2 Å². The summed E-state index contributed by atoms with van der Waals surface area (Å²) in [5.74, 6) is 0.775. The third-order valence-electron chi connectivity index (χ3n) is 12.3. The molecule has 5 nitrogen and oxygen atoms in total. The van der Waals surface area contributed by atoms with Crippen molar-refractivity contribution in [2.75, 3.05) is 7.11 Å². The van der Waals surface area contributed by atoms with E-state index in [0.29, 0.717) is 0 Å². The van der Waals surface area contributed by atoms with Crippen LogP contribution in [-0.4, -0.2) is 21.5 Å². The van der Waals surface area contributed by atoms with E-state index in [4.69, 9.17) is 19.1 Å². The Balaban J connectivity index is 1.30. The zero-order valence-electron chi connectivity index (χ0n) is 37.2. The van der Waals surface area contributed by atoms with Gasteiger partial charge < -0.3 is 9.15 Å². The van der Waals surface area contributed by atoms with Crippen LogP contribution in [0.3, 0.4) is 0 Å². The van der Waals surface area contributed by atoms with Gasteiger partial charge >= 0.3 is 0 Å². The van der Waals surface area contributed by atoms with Gasteiger partial charge in [0.2, 0.25) is 0 Å². The third-order valence-corrected chi connectivity index (χ3v) is 12.3. The molecule has 0 saturated carbocycles. The second kappa shape index (κ2) is 15.3. The minimum atomic E-state index is -0.0700. The van der Waals surface area contributed by atoms with Crippen molar-refractivity contribution in [2.24, 2.45) is 0 Å². The molecule has 0 aliphatic heterocycles. The Morgan fingerprint density at radius 2 is 1.16 bits per heavy atom. The smallest absolute Gasteiger partial charge is 0.144 e. The number of hydrogen-bond acceptors (Lipinski definition) is 4. The number of aromatic nitrogens is 3. The summed E-state index contributed by atoms with van der Waals surface area (Å²) in [7, 11) is 1.76. The molecule has 0 aliphatic carbocycles. The number of imidazole rings is 1. The summed E-state index contributed by atoms with van der Waals surface area (Å²) in [6.07, 6.45) is 2.09. The summed E-state index contributed by atoms with van der Waals surface area (Å²) in [6.45, 7) is 15.9. The number of fused-ring (bicyclic) bond motifs is 4. The minimum absolute atomic E-state index is 0.0700. The molecule has 0 spiro atoms. The first-order chi connectivity index (χ1) is 30.3. The first kappa shape index (κ1) is 39.9. The van der Waals surface area contributed by atoms with Gasteiger partial charge in [0, 0.05) is 44.8 Å². The van der Waals surface area contributed by atoms with Crippen LogP contribution in [0.25, 0.3) is 94.9 Å². The zero-order valence-corrected chi connectivity index (χ0v) is 37.2. The Hall–Kier alpha value is -7.24. The van der Waals surface area contributed by atoms with Gasteiger partial charge in [0.25, 0.3) is 0 Å². The highest BCUT2D eigenvalue weighted by atomic mass is 16.5. The monoisotopic (exact) mass is 821 g/mol. The number of hydrogen-bond donors (Lipinski definition) is 0. The Kier molecular flexibility index (Phi) is 9.67. The van der Waals surface area contributed by atoms with E-state index in [1.807, 2.05) is 18.2 Å². The van der Waals surface area contributed by atoms with Crippen LogP contribution < -0.4 is 4.74 Å². The maximum atomic E-state index is 6.86. The average molecular weight is 822 g/mol. The quantitative estimate of drug-likeness (QED) is 0.161. The summed E-state index contributed by atoms with van der Waals surface area (Å²) in [4.78, 5) is 10.9. The van der Waals surface area contributed by atoms with Gasteiger partial charge in [-0.2, -0.15) is 0 Å². The Labute approximate surface area is 369 Å². The van der Waals surface area contributed by atoms with E-state index < -0.39 is 0 Å². The van der Waals surface area contributed by atoms with Crippen LogP contribution in [0.5, 0.6) is 5.75 Å². The number of rotatable bonds is 7. The van der Waals surface area contributed by atoms with Gasteiger partial charge in [0.15, 0.2) is 0 Å². The summed E-state index contributed by atoms with van der Waals surface area (Å²) in [5, 5.41) is 2.05. The maximum absolute atomic E-state index is 6.86. The summed E-state index contributed by atoms with van der Waals surface area (Å²) < 4.78 is 15.4. The van der Waals surface area contributed by atoms with Gasteiger partial charge in [0.05, 0.1) is 29.9 Å². The topological polar surface area (TPSA) is 52.6 Å². The molecule has 0 bridgehead atoms. The molecule has 6 aromatic carbocycles. The van der Waals surface area contributed by atoms with E-state index in [-0.39, 0.29) is 10.8 Å². The number of nitrogens with zero attached hydrogens (tertiary/aromatic N) is 3. The number of methoxy groups -OCH3 is 1. The van der Waals surface area contributed by atoms with Crippen molar-refractivity contribution in [1.82, 2.24) is 14.4 Å². The minimum Gasteiger partial charge on any atom is -0.495 e.